The van der Waals surface area contributed by atoms with E-state index in [1.165, 1.54) is 0 Å². The second kappa shape index (κ2) is 8.18. The number of benzene rings is 1. The van der Waals surface area contributed by atoms with E-state index in [0.717, 1.165) is 31.6 Å². The molecule has 0 saturated heterocycles. The quantitative estimate of drug-likeness (QED) is 0.780. The summed E-state index contributed by atoms with van der Waals surface area (Å²) >= 11 is 6.06. The molecule has 0 aliphatic rings. The molecule has 1 rings (SSSR count). The second-order valence-corrected chi connectivity index (χ2v) is 5.03. The summed E-state index contributed by atoms with van der Waals surface area (Å²) in [6.45, 7) is 10.0. The van der Waals surface area contributed by atoms with Gasteiger partial charge in [-0.1, -0.05) is 31.5 Å². The van der Waals surface area contributed by atoms with E-state index in [4.69, 9.17) is 11.6 Å². The van der Waals surface area contributed by atoms with Crippen LogP contribution in [0.25, 0.3) is 0 Å². The third kappa shape index (κ3) is 5.21. The second-order valence-electron chi connectivity index (χ2n) is 4.62. The Labute approximate surface area is 120 Å². The number of hydrogen-bond donors (Lipinski definition) is 1. The summed E-state index contributed by atoms with van der Waals surface area (Å²) in [5, 5.41) is 3.43. The molecule has 1 N–H and O–H groups in total. The van der Waals surface area contributed by atoms with Crippen molar-refractivity contribution in [3.05, 3.63) is 34.3 Å². The number of nitrogens with zero attached hydrogens (tertiary/aromatic N) is 1. The highest BCUT2D eigenvalue weighted by Crippen LogP contribution is 2.17. The molecule has 1 aromatic carbocycles. The van der Waals surface area contributed by atoms with Gasteiger partial charge in [0.1, 0.15) is 0 Å². The lowest BCUT2D eigenvalue weighted by Gasteiger charge is -2.17. The van der Waals surface area contributed by atoms with Crippen LogP contribution >= 0.6 is 11.6 Å². The summed E-state index contributed by atoms with van der Waals surface area (Å²) in [6, 6.07) is 5.49. The Morgan fingerprint density at radius 3 is 2.58 bits per heavy atom. The van der Waals surface area contributed by atoms with Crippen molar-refractivity contribution in [3.8, 4) is 0 Å². The average molecular weight is 283 g/mol. The molecule has 0 fully saturated rings. The first-order chi connectivity index (χ1) is 9.08. The summed E-state index contributed by atoms with van der Waals surface area (Å²) in [5.41, 5.74) is 1.61. The van der Waals surface area contributed by atoms with E-state index in [2.05, 4.69) is 24.1 Å². The van der Waals surface area contributed by atoms with Gasteiger partial charge in [0.25, 0.3) is 5.91 Å². The van der Waals surface area contributed by atoms with Crippen LogP contribution < -0.4 is 5.32 Å². The van der Waals surface area contributed by atoms with Crippen LogP contribution in [0.1, 0.15) is 36.2 Å². The molecule has 0 radical (unpaired) electrons. The zero-order chi connectivity index (χ0) is 14.3. The smallest absolute Gasteiger partial charge is 0.252 e. The summed E-state index contributed by atoms with van der Waals surface area (Å²) in [5.74, 6) is -0.0930. The maximum Gasteiger partial charge on any atom is 0.252 e. The van der Waals surface area contributed by atoms with E-state index in [0.29, 0.717) is 17.1 Å². The summed E-state index contributed by atoms with van der Waals surface area (Å²) < 4.78 is 0. The van der Waals surface area contributed by atoms with E-state index >= 15 is 0 Å². The standard InChI is InChI=1S/C15H23ClN2O/c1-4-18(5-2)10-6-9-17-15(19)13-8-7-12(3)11-14(13)16/h7-8,11H,4-6,9-10H2,1-3H3,(H,17,19). The van der Waals surface area contributed by atoms with Crippen molar-refractivity contribution in [2.75, 3.05) is 26.2 Å². The monoisotopic (exact) mass is 282 g/mol. The maximum absolute atomic E-state index is 12.0. The normalized spacial score (nSPS) is 10.8. The zero-order valence-electron chi connectivity index (χ0n) is 12.0. The van der Waals surface area contributed by atoms with Gasteiger partial charge < -0.3 is 10.2 Å². The molecule has 0 aliphatic carbocycles. The Morgan fingerprint density at radius 2 is 2.00 bits per heavy atom. The van der Waals surface area contributed by atoms with Crippen LogP contribution in [0.15, 0.2) is 18.2 Å². The van der Waals surface area contributed by atoms with Gasteiger partial charge in [-0.05, 0) is 50.7 Å². The molecule has 4 heteroatoms. The molecule has 0 unspecified atom stereocenters. The van der Waals surface area contributed by atoms with Crippen molar-refractivity contribution >= 4 is 17.5 Å². The van der Waals surface area contributed by atoms with Gasteiger partial charge in [-0.25, -0.2) is 0 Å². The van der Waals surface area contributed by atoms with Crippen LogP contribution in [0.5, 0.6) is 0 Å². The van der Waals surface area contributed by atoms with E-state index in [1.807, 2.05) is 19.1 Å². The predicted molar refractivity (Wildman–Crippen MR) is 80.9 cm³/mol. The van der Waals surface area contributed by atoms with Crippen molar-refractivity contribution < 1.29 is 4.79 Å². The highest BCUT2D eigenvalue weighted by atomic mass is 35.5. The first-order valence-electron chi connectivity index (χ1n) is 6.85. The Hall–Kier alpha value is -1.06. The van der Waals surface area contributed by atoms with Crippen molar-refractivity contribution in [1.29, 1.82) is 0 Å². The lowest BCUT2D eigenvalue weighted by Crippen LogP contribution is -2.30. The molecule has 1 amide bonds. The van der Waals surface area contributed by atoms with Gasteiger partial charge in [0.15, 0.2) is 0 Å². The largest absolute Gasteiger partial charge is 0.352 e. The topological polar surface area (TPSA) is 32.3 Å². The van der Waals surface area contributed by atoms with Crippen LogP contribution in [-0.2, 0) is 0 Å². The fourth-order valence-corrected chi connectivity index (χ4v) is 2.26. The Kier molecular flexibility index (Phi) is 6.89. The summed E-state index contributed by atoms with van der Waals surface area (Å²) in [4.78, 5) is 14.3. The highest BCUT2D eigenvalue weighted by Gasteiger charge is 2.09. The van der Waals surface area contributed by atoms with Gasteiger partial charge in [-0.3, -0.25) is 4.79 Å². The van der Waals surface area contributed by atoms with Gasteiger partial charge in [-0.2, -0.15) is 0 Å². The van der Waals surface area contributed by atoms with Crippen LogP contribution in [0.3, 0.4) is 0 Å². The SMILES string of the molecule is CCN(CC)CCCNC(=O)c1ccc(C)cc1Cl. The number of aryl methyl sites for hydroxylation is 1. The summed E-state index contributed by atoms with van der Waals surface area (Å²) in [7, 11) is 0. The molecule has 106 valence electrons. The summed E-state index contributed by atoms with van der Waals surface area (Å²) in [6.07, 6.45) is 0.955. The number of halogens is 1. The van der Waals surface area contributed by atoms with Crippen LogP contribution in [-0.4, -0.2) is 37.0 Å². The molecule has 1 aromatic rings. The molecule has 0 atom stereocenters. The number of rotatable bonds is 7. The van der Waals surface area contributed by atoms with Gasteiger partial charge >= 0.3 is 0 Å². The minimum atomic E-state index is -0.0930. The minimum absolute atomic E-state index is 0.0930. The first-order valence-corrected chi connectivity index (χ1v) is 7.23. The van der Waals surface area contributed by atoms with Crippen molar-refractivity contribution in [1.82, 2.24) is 10.2 Å². The molecular formula is C15H23ClN2O. The number of nitrogens with one attached hydrogen (secondary N) is 1. The third-order valence-electron chi connectivity index (χ3n) is 3.20. The van der Waals surface area contributed by atoms with E-state index in [-0.39, 0.29) is 5.91 Å². The number of carbonyl (C=O) groups excluding carboxylic acids is 1. The van der Waals surface area contributed by atoms with Gasteiger partial charge in [-0.15, -0.1) is 0 Å². The number of hydrogen-bond acceptors (Lipinski definition) is 2. The molecule has 0 aromatic heterocycles. The fraction of sp³-hybridized carbons (Fsp3) is 0.533. The average Bonchev–Trinajstić information content (AvgIpc) is 2.38. The zero-order valence-corrected chi connectivity index (χ0v) is 12.8. The molecule has 3 nitrogen and oxygen atoms in total. The Balaban J connectivity index is 2.39. The van der Waals surface area contributed by atoms with E-state index in [1.54, 1.807) is 6.07 Å². The predicted octanol–water partition coefficient (Wildman–Crippen LogP) is 3.11. The van der Waals surface area contributed by atoms with Crippen LogP contribution in [0.2, 0.25) is 5.02 Å². The maximum atomic E-state index is 12.0. The first kappa shape index (κ1) is 16.0. The molecule has 0 bridgehead atoms. The number of carbonyl (C=O) groups is 1. The van der Waals surface area contributed by atoms with E-state index < -0.39 is 0 Å². The van der Waals surface area contributed by atoms with Crippen LogP contribution in [0, 0.1) is 6.92 Å². The molecule has 0 aliphatic heterocycles. The van der Waals surface area contributed by atoms with Crippen molar-refractivity contribution in [2.24, 2.45) is 0 Å². The van der Waals surface area contributed by atoms with Gasteiger partial charge in [0.05, 0.1) is 10.6 Å². The highest BCUT2D eigenvalue weighted by molar-refractivity contribution is 6.33. The molecular weight excluding hydrogens is 260 g/mol. The van der Waals surface area contributed by atoms with Crippen LogP contribution in [0.4, 0.5) is 0 Å². The molecule has 19 heavy (non-hydrogen) atoms. The van der Waals surface area contributed by atoms with Gasteiger partial charge in [0.2, 0.25) is 0 Å². The Morgan fingerprint density at radius 1 is 1.32 bits per heavy atom. The van der Waals surface area contributed by atoms with Crippen molar-refractivity contribution in [3.63, 3.8) is 0 Å². The van der Waals surface area contributed by atoms with Gasteiger partial charge in [0, 0.05) is 6.54 Å². The van der Waals surface area contributed by atoms with Crippen molar-refractivity contribution in [2.45, 2.75) is 27.2 Å². The minimum Gasteiger partial charge on any atom is -0.352 e. The lowest BCUT2D eigenvalue weighted by atomic mass is 10.1. The molecule has 0 saturated carbocycles. The van der Waals surface area contributed by atoms with E-state index in [9.17, 15) is 4.79 Å². The lowest BCUT2D eigenvalue weighted by molar-refractivity contribution is 0.0952. The molecule has 0 heterocycles. The third-order valence-corrected chi connectivity index (χ3v) is 3.51. The fourth-order valence-electron chi connectivity index (χ4n) is 1.94. The Bertz CT molecular complexity index is 417. The molecule has 0 spiro atoms. The number of amides is 1.